The summed E-state index contributed by atoms with van der Waals surface area (Å²) < 4.78 is 35.9. The second kappa shape index (κ2) is 6.28. The van der Waals surface area contributed by atoms with Gasteiger partial charge in [0.1, 0.15) is 0 Å². The van der Waals surface area contributed by atoms with E-state index in [4.69, 9.17) is 0 Å². The molecule has 1 aliphatic rings. The maximum atomic E-state index is 12.0. The first-order valence-electron chi connectivity index (χ1n) is 6.83. The van der Waals surface area contributed by atoms with E-state index in [1.54, 1.807) is 24.3 Å². The summed E-state index contributed by atoms with van der Waals surface area (Å²) in [5.74, 6) is -1.30. The van der Waals surface area contributed by atoms with Crippen molar-refractivity contribution in [3.63, 3.8) is 0 Å². The number of amides is 1. The van der Waals surface area contributed by atoms with Crippen LogP contribution in [0.1, 0.15) is 35.2 Å². The van der Waals surface area contributed by atoms with Gasteiger partial charge in [0.2, 0.25) is 0 Å². The summed E-state index contributed by atoms with van der Waals surface area (Å²) >= 11 is 0. The quantitative estimate of drug-likeness (QED) is 0.821. The predicted octanol–water partition coefficient (Wildman–Crippen LogP) is 2.89. The molecule has 0 aromatic heterocycles. The van der Waals surface area contributed by atoms with E-state index in [1.165, 1.54) is 0 Å². The molecule has 0 aliphatic heterocycles. The zero-order chi connectivity index (χ0) is 15.5. The number of hydrogen-bond donors (Lipinski definition) is 1. The van der Waals surface area contributed by atoms with E-state index >= 15 is 0 Å². The van der Waals surface area contributed by atoms with Crippen molar-refractivity contribution in [2.24, 2.45) is 5.92 Å². The van der Waals surface area contributed by atoms with Gasteiger partial charge in [-0.3, -0.25) is 9.59 Å². The van der Waals surface area contributed by atoms with Crippen molar-refractivity contribution in [2.75, 3.05) is 6.54 Å². The Kier molecular flexibility index (Phi) is 4.65. The van der Waals surface area contributed by atoms with Crippen molar-refractivity contribution in [3.8, 4) is 0 Å². The first-order chi connectivity index (χ1) is 9.86. The lowest BCUT2D eigenvalue weighted by atomic mass is 10.0. The number of carbonyl (C=O) groups excluding carboxylic acids is 2. The van der Waals surface area contributed by atoms with Gasteiger partial charge in [0.05, 0.1) is 0 Å². The minimum absolute atomic E-state index is 0.0896. The normalized spacial score (nSPS) is 14.8. The third-order valence-corrected chi connectivity index (χ3v) is 3.40. The highest BCUT2D eigenvalue weighted by molar-refractivity contribution is 5.96. The van der Waals surface area contributed by atoms with Gasteiger partial charge in [-0.25, -0.2) is 0 Å². The molecule has 6 heteroatoms. The zero-order valence-electron chi connectivity index (χ0n) is 11.4. The summed E-state index contributed by atoms with van der Waals surface area (Å²) in [6, 6.07) is 6.79. The number of ketones is 1. The van der Waals surface area contributed by atoms with Crippen LogP contribution in [0.25, 0.3) is 0 Å². The molecule has 1 aliphatic carbocycles. The molecule has 21 heavy (non-hydrogen) atoms. The second-order valence-corrected chi connectivity index (χ2v) is 5.27. The Morgan fingerprint density at radius 3 is 2.29 bits per heavy atom. The van der Waals surface area contributed by atoms with Crippen molar-refractivity contribution in [3.05, 3.63) is 35.4 Å². The Labute approximate surface area is 120 Å². The molecular formula is C15H16F3NO2. The molecule has 0 atom stereocenters. The highest BCUT2D eigenvalue weighted by Crippen LogP contribution is 2.33. The summed E-state index contributed by atoms with van der Waals surface area (Å²) in [5.41, 5.74) is 1.41. The van der Waals surface area contributed by atoms with Crippen LogP contribution in [0.4, 0.5) is 13.2 Å². The fourth-order valence-electron chi connectivity index (χ4n) is 1.98. The molecule has 0 heterocycles. The standard InChI is InChI=1S/C15H16F3NO2/c16-15(17,18)14(21)19-8-7-10-3-5-12(6-4-10)13(20)9-11-1-2-11/h3-6,11H,1-2,7-9H2,(H,19,21). The van der Waals surface area contributed by atoms with Gasteiger partial charge in [0.25, 0.3) is 0 Å². The van der Waals surface area contributed by atoms with E-state index in [0.29, 0.717) is 24.3 Å². The minimum Gasteiger partial charge on any atom is -0.348 e. The van der Waals surface area contributed by atoms with E-state index in [-0.39, 0.29) is 12.3 Å². The van der Waals surface area contributed by atoms with E-state index in [9.17, 15) is 22.8 Å². The Hall–Kier alpha value is -1.85. The van der Waals surface area contributed by atoms with Gasteiger partial charge in [0.15, 0.2) is 5.78 Å². The van der Waals surface area contributed by atoms with E-state index in [1.807, 2.05) is 5.32 Å². The Bertz CT molecular complexity index is 519. The Balaban J connectivity index is 1.79. The molecule has 0 radical (unpaired) electrons. The molecule has 1 aromatic carbocycles. The lowest BCUT2D eigenvalue weighted by Crippen LogP contribution is -2.37. The van der Waals surface area contributed by atoms with Crippen LogP contribution in [0.15, 0.2) is 24.3 Å². The zero-order valence-corrected chi connectivity index (χ0v) is 11.4. The maximum absolute atomic E-state index is 12.0. The average molecular weight is 299 g/mol. The van der Waals surface area contributed by atoms with Gasteiger partial charge in [-0.15, -0.1) is 0 Å². The third kappa shape index (κ3) is 4.88. The van der Waals surface area contributed by atoms with Crippen molar-refractivity contribution in [1.82, 2.24) is 5.32 Å². The predicted molar refractivity (Wildman–Crippen MR) is 70.9 cm³/mol. The number of halogens is 3. The maximum Gasteiger partial charge on any atom is 0.471 e. The van der Waals surface area contributed by atoms with Crippen LogP contribution in [0, 0.1) is 5.92 Å². The van der Waals surface area contributed by atoms with Gasteiger partial charge >= 0.3 is 12.1 Å². The first-order valence-corrected chi connectivity index (χ1v) is 6.83. The summed E-state index contributed by atoms with van der Waals surface area (Å²) in [4.78, 5) is 22.5. The van der Waals surface area contributed by atoms with Crippen molar-refractivity contribution < 1.29 is 22.8 Å². The van der Waals surface area contributed by atoms with E-state index < -0.39 is 12.1 Å². The summed E-state index contributed by atoms with van der Waals surface area (Å²) in [6.45, 7) is -0.0896. The van der Waals surface area contributed by atoms with Crippen LogP contribution in [0.5, 0.6) is 0 Å². The summed E-state index contributed by atoms with van der Waals surface area (Å²) in [6.07, 6.45) is -1.76. The lowest BCUT2D eigenvalue weighted by molar-refractivity contribution is -0.173. The topological polar surface area (TPSA) is 46.2 Å². The monoisotopic (exact) mass is 299 g/mol. The summed E-state index contributed by atoms with van der Waals surface area (Å²) in [5, 5.41) is 1.81. The van der Waals surface area contributed by atoms with Gasteiger partial charge in [0, 0.05) is 18.5 Å². The smallest absolute Gasteiger partial charge is 0.348 e. The number of Topliss-reactive ketones (excluding diaryl/α,β-unsaturated/α-hetero) is 1. The minimum atomic E-state index is -4.85. The van der Waals surface area contributed by atoms with Gasteiger partial charge in [-0.05, 0) is 30.7 Å². The van der Waals surface area contributed by atoms with Crippen LogP contribution < -0.4 is 5.32 Å². The SMILES string of the molecule is O=C(CC1CC1)c1ccc(CCNC(=O)C(F)(F)F)cc1. The molecular weight excluding hydrogens is 283 g/mol. The fourth-order valence-corrected chi connectivity index (χ4v) is 1.98. The fraction of sp³-hybridized carbons (Fsp3) is 0.467. The molecule has 0 bridgehead atoms. The van der Waals surface area contributed by atoms with Gasteiger partial charge in [-0.1, -0.05) is 24.3 Å². The highest BCUT2D eigenvalue weighted by atomic mass is 19.4. The molecule has 3 nitrogen and oxygen atoms in total. The summed E-state index contributed by atoms with van der Waals surface area (Å²) in [7, 11) is 0. The average Bonchev–Trinajstić information content (AvgIpc) is 3.22. The van der Waals surface area contributed by atoms with Crippen molar-refractivity contribution in [2.45, 2.75) is 31.9 Å². The Morgan fingerprint density at radius 2 is 1.76 bits per heavy atom. The van der Waals surface area contributed by atoms with Crippen LogP contribution in [0.3, 0.4) is 0 Å². The molecule has 1 amide bonds. The molecule has 1 fully saturated rings. The number of hydrogen-bond acceptors (Lipinski definition) is 2. The lowest BCUT2D eigenvalue weighted by Gasteiger charge is -2.08. The van der Waals surface area contributed by atoms with Gasteiger partial charge in [-0.2, -0.15) is 13.2 Å². The van der Waals surface area contributed by atoms with Crippen LogP contribution >= 0.6 is 0 Å². The number of rotatable bonds is 6. The van der Waals surface area contributed by atoms with Crippen molar-refractivity contribution >= 4 is 11.7 Å². The van der Waals surface area contributed by atoms with Crippen LogP contribution in [-0.4, -0.2) is 24.4 Å². The van der Waals surface area contributed by atoms with Crippen LogP contribution in [-0.2, 0) is 11.2 Å². The van der Waals surface area contributed by atoms with E-state index in [0.717, 1.165) is 18.4 Å². The highest BCUT2D eigenvalue weighted by Gasteiger charge is 2.38. The number of alkyl halides is 3. The van der Waals surface area contributed by atoms with Gasteiger partial charge < -0.3 is 5.32 Å². The molecule has 0 saturated heterocycles. The third-order valence-electron chi connectivity index (χ3n) is 3.40. The number of carbonyl (C=O) groups is 2. The van der Waals surface area contributed by atoms with E-state index in [2.05, 4.69) is 0 Å². The van der Waals surface area contributed by atoms with Crippen LogP contribution in [0.2, 0.25) is 0 Å². The Morgan fingerprint density at radius 1 is 1.14 bits per heavy atom. The molecule has 1 aromatic rings. The number of benzene rings is 1. The number of nitrogens with one attached hydrogen (secondary N) is 1. The second-order valence-electron chi connectivity index (χ2n) is 5.27. The molecule has 1 saturated carbocycles. The molecule has 1 N–H and O–H groups in total. The molecule has 0 unspecified atom stereocenters. The molecule has 2 rings (SSSR count). The molecule has 114 valence electrons. The molecule has 0 spiro atoms. The first kappa shape index (κ1) is 15.5. The van der Waals surface area contributed by atoms with Crippen molar-refractivity contribution in [1.29, 1.82) is 0 Å². The largest absolute Gasteiger partial charge is 0.471 e.